The summed E-state index contributed by atoms with van der Waals surface area (Å²) >= 11 is 0. The van der Waals surface area contributed by atoms with Gasteiger partial charge in [-0.25, -0.2) is 4.98 Å². The van der Waals surface area contributed by atoms with Crippen molar-refractivity contribution in [1.82, 2.24) is 9.55 Å². The van der Waals surface area contributed by atoms with E-state index in [0.717, 1.165) is 5.82 Å². The van der Waals surface area contributed by atoms with Gasteiger partial charge in [0, 0.05) is 39.4 Å². The Morgan fingerprint density at radius 1 is 1.53 bits per heavy atom. The van der Waals surface area contributed by atoms with Crippen molar-refractivity contribution in [3.8, 4) is 0 Å². The van der Waals surface area contributed by atoms with Crippen LogP contribution in [0.5, 0.6) is 0 Å². The molecule has 0 saturated heterocycles. The normalized spacial score (nSPS) is 13.7. The maximum Gasteiger partial charge on any atom is 0.162 e. The molecule has 0 radical (unpaired) electrons. The fourth-order valence-corrected chi connectivity index (χ4v) is 1.97. The summed E-state index contributed by atoms with van der Waals surface area (Å²) in [6.45, 7) is 6.04. The molecule has 0 spiro atoms. The lowest BCUT2D eigenvalue weighted by Crippen LogP contribution is -2.36. The fourth-order valence-electron chi connectivity index (χ4n) is 1.97. The van der Waals surface area contributed by atoms with Crippen LogP contribution in [0.25, 0.3) is 0 Å². The van der Waals surface area contributed by atoms with Crippen molar-refractivity contribution in [2.75, 3.05) is 7.11 Å². The van der Waals surface area contributed by atoms with E-state index >= 15 is 0 Å². The van der Waals surface area contributed by atoms with Crippen molar-refractivity contribution in [3.63, 3.8) is 0 Å². The van der Waals surface area contributed by atoms with Gasteiger partial charge >= 0.3 is 0 Å². The number of Topliss-reactive ketones (excluding diaryl/α,β-unsaturated/α-hetero) is 1. The molecular formula is C13H22N2O2. The summed E-state index contributed by atoms with van der Waals surface area (Å²) in [6, 6.07) is 0. The molecule has 4 heteroatoms. The predicted octanol–water partition coefficient (Wildman–Crippen LogP) is 1.98. The van der Waals surface area contributed by atoms with Crippen LogP contribution in [0.1, 0.15) is 33.0 Å². The van der Waals surface area contributed by atoms with Crippen LogP contribution in [-0.2, 0) is 23.0 Å². The first-order valence-corrected chi connectivity index (χ1v) is 5.88. The number of methoxy groups -OCH3 is 1. The Hall–Kier alpha value is -1.16. The number of ketones is 1. The predicted molar refractivity (Wildman–Crippen MR) is 66.8 cm³/mol. The Bertz CT molecular complexity index is 377. The van der Waals surface area contributed by atoms with Gasteiger partial charge in [0.05, 0.1) is 0 Å². The number of rotatable bonds is 5. The molecule has 4 nitrogen and oxygen atoms in total. The maximum absolute atomic E-state index is 12.1. The zero-order valence-corrected chi connectivity index (χ0v) is 11.4. The average molecular weight is 238 g/mol. The van der Waals surface area contributed by atoms with E-state index < -0.39 is 0 Å². The standard InChI is InChI=1S/C13H22N2O2/c1-13(2,3)12(17-5)10(16)6-7-11-14-8-9-15(11)4/h8-9,12H,6-7H2,1-5H3. The van der Waals surface area contributed by atoms with Gasteiger partial charge in [-0.3, -0.25) is 4.79 Å². The van der Waals surface area contributed by atoms with E-state index in [1.807, 2.05) is 38.6 Å². The molecule has 1 heterocycles. The molecule has 0 aliphatic carbocycles. The maximum atomic E-state index is 12.1. The molecule has 17 heavy (non-hydrogen) atoms. The lowest BCUT2D eigenvalue weighted by molar-refractivity contribution is -0.134. The number of ether oxygens (including phenoxy) is 1. The quantitative estimate of drug-likeness (QED) is 0.788. The third kappa shape index (κ3) is 3.66. The van der Waals surface area contributed by atoms with Crippen LogP contribution >= 0.6 is 0 Å². The van der Waals surface area contributed by atoms with Gasteiger partial charge in [-0.15, -0.1) is 0 Å². The highest BCUT2D eigenvalue weighted by molar-refractivity contribution is 5.84. The molecule has 0 aliphatic rings. The van der Waals surface area contributed by atoms with Crippen molar-refractivity contribution < 1.29 is 9.53 Å². The molecule has 0 bridgehead atoms. The Kier molecular flexibility index (Phi) is 4.46. The Morgan fingerprint density at radius 2 is 2.18 bits per heavy atom. The van der Waals surface area contributed by atoms with Crippen molar-refractivity contribution in [1.29, 1.82) is 0 Å². The van der Waals surface area contributed by atoms with E-state index in [1.54, 1.807) is 13.3 Å². The van der Waals surface area contributed by atoms with Gasteiger partial charge in [0.1, 0.15) is 11.9 Å². The molecule has 0 fully saturated rings. The summed E-state index contributed by atoms with van der Waals surface area (Å²) in [5.41, 5.74) is -0.159. The topological polar surface area (TPSA) is 44.1 Å². The van der Waals surface area contributed by atoms with Crippen LogP contribution in [-0.4, -0.2) is 28.5 Å². The van der Waals surface area contributed by atoms with Crippen molar-refractivity contribution in [3.05, 3.63) is 18.2 Å². The number of nitrogens with zero attached hydrogens (tertiary/aromatic N) is 2. The highest BCUT2D eigenvalue weighted by atomic mass is 16.5. The molecular weight excluding hydrogens is 216 g/mol. The van der Waals surface area contributed by atoms with Gasteiger partial charge in [0.25, 0.3) is 0 Å². The number of hydrogen-bond donors (Lipinski definition) is 0. The summed E-state index contributed by atoms with van der Waals surface area (Å²) in [4.78, 5) is 16.3. The molecule has 1 aromatic rings. The third-order valence-electron chi connectivity index (χ3n) is 2.83. The van der Waals surface area contributed by atoms with Crippen molar-refractivity contribution in [2.45, 2.75) is 39.7 Å². The Balaban J connectivity index is 2.58. The Morgan fingerprint density at radius 3 is 2.59 bits per heavy atom. The summed E-state index contributed by atoms with van der Waals surface area (Å²) in [6.07, 6.45) is 4.43. The lowest BCUT2D eigenvalue weighted by atomic mass is 9.85. The number of imidazole rings is 1. The van der Waals surface area contributed by atoms with E-state index in [9.17, 15) is 4.79 Å². The van der Waals surface area contributed by atoms with E-state index in [4.69, 9.17) is 4.74 Å². The molecule has 1 rings (SSSR count). The zero-order chi connectivity index (χ0) is 13.1. The summed E-state index contributed by atoms with van der Waals surface area (Å²) in [5, 5.41) is 0. The van der Waals surface area contributed by atoms with E-state index in [0.29, 0.717) is 12.8 Å². The monoisotopic (exact) mass is 238 g/mol. The minimum atomic E-state index is -0.345. The second-order valence-electron chi connectivity index (χ2n) is 5.40. The largest absolute Gasteiger partial charge is 0.373 e. The number of aryl methyl sites for hydroxylation is 2. The van der Waals surface area contributed by atoms with Crippen LogP contribution < -0.4 is 0 Å². The minimum absolute atomic E-state index is 0.142. The van der Waals surface area contributed by atoms with Gasteiger partial charge in [0.2, 0.25) is 0 Å². The number of aromatic nitrogens is 2. The molecule has 0 aliphatic heterocycles. The number of carbonyl (C=O) groups is 1. The minimum Gasteiger partial charge on any atom is -0.373 e. The summed E-state index contributed by atoms with van der Waals surface area (Å²) in [5.74, 6) is 1.07. The molecule has 1 aromatic heterocycles. The first kappa shape index (κ1) is 13.9. The SMILES string of the molecule is COC(C(=O)CCc1nccn1C)C(C)(C)C. The molecule has 1 atom stereocenters. The first-order chi connectivity index (χ1) is 7.86. The van der Waals surface area contributed by atoms with Gasteiger partial charge in [-0.05, 0) is 5.41 Å². The van der Waals surface area contributed by atoms with Crippen LogP contribution in [0.3, 0.4) is 0 Å². The third-order valence-corrected chi connectivity index (χ3v) is 2.83. The van der Waals surface area contributed by atoms with Gasteiger partial charge in [-0.1, -0.05) is 20.8 Å². The van der Waals surface area contributed by atoms with E-state index in [1.165, 1.54) is 0 Å². The smallest absolute Gasteiger partial charge is 0.162 e. The second-order valence-corrected chi connectivity index (χ2v) is 5.40. The van der Waals surface area contributed by atoms with E-state index in [-0.39, 0.29) is 17.3 Å². The number of hydrogen-bond acceptors (Lipinski definition) is 3. The van der Waals surface area contributed by atoms with Crippen LogP contribution in [0.15, 0.2) is 12.4 Å². The molecule has 96 valence electrons. The highest BCUT2D eigenvalue weighted by Gasteiger charge is 2.30. The van der Waals surface area contributed by atoms with Crippen LogP contribution in [0, 0.1) is 5.41 Å². The molecule has 0 amide bonds. The van der Waals surface area contributed by atoms with Gasteiger partial charge in [0.15, 0.2) is 5.78 Å². The molecule has 0 N–H and O–H groups in total. The van der Waals surface area contributed by atoms with Crippen LogP contribution in [0.4, 0.5) is 0 Å². The number of carbonyl (C=O) groups excluding carboxylic acids is 1. The summed E-state index contributed by atoms with van der Waals surface area (Å²) < 4.78 is 7.24. The Labute approximate surface area is 103 Å². The average Bonchev–Trinajstić information content (AvgIpc) is 2.60. The fraction of sp³-hybridized carbons (Fsp3) is 0.692. The van der Waals surface area contributed by atoms with E-state index in [2.05, 4.69) is 4.98 Å². The second kappa shape index (κ2) is 5.45. The highest BCUT2D eigenvalue weighted by Crippen LogP contribution is 2.23. The molecule has 0 aromatic carbocycles. The molecule has 0 saturated carbocycles. The van der Waals surface area contributed by atoms with Crippen LogP contribution in [0.2, 0.25) is 0 Å². The summed E-state index contributed by atoms with van der Waals surface area (Å²) in [7, 11) is 3.53. The first-order valence-electron chi connectivity index (χ1n) is 5.88. The lowest BCUT2D eigenvalue weighted by Gasteiger charge is -2.27. The van der Waals surface area contributed by atoms with Crippen molar-refractivity contribution in [2.24, 2.45) is 12.5 Å². The van der Waals surface area contributed by atoms with Gasteiger partial charge < -0.3 is 9.30 Å². The zero-order valence-electron chi connectivity index (χ0n) is 11.4. The van der Waals surface area contributed by atoms with Gasteiger partial charge in [-0.2, -0.15) is 0 Å². The van der Waals surface area contributed by atoms with Crippen molar-refractivity contribution >= 4 is 5.78 Å². The molecule has 1 unspecified atom stereocenters.